The van der Waals surface area contributed by atoms with Gasteiger partial charge in [-0.1, -0.05) is 25.2 Å². The van der Waals surface area contributed by atoms with E-state index in [4.69, 9.17) is 4.74 Å². The zero-order valence-corrected chi connectivity index (χ0v) is 13.8. The molecule has 0 saturated carbocycles. The standard InChI is InChI=1S/C15H24N2O3S/c1-4-10(2)12-13(14(18)19)21-15(16-12)17(3)8-11-6-5-7-20-9-11/h10-11H,4-9H2,1-3H3,(H,18,19). The lowest BCUT2D eigenvalue weighted by Crippen LogP contribution is -2.30. The van der Waals surface area contributed by atoms with Crippen molar-refractivity contribution in [2.75, 3.05) is 31.7 Å². The third kappa shape index (κ3) is 3.95. The predicted molar refractivity (Wildman–Crippen MR) is 84.6 cm³/mol. The van der Waals surface area contributed by atoms with Gasteiger partial charge in [0.2, 0.25) is 0 Å². The average molecular weight is 312 g/mol. The third-order valence-electron chi connectivity index (χ3n) is 4.03. The lowest BCUT2D eigenvalue weighted by molar-refractivity contribution is 0.0576. The van der Waals surface area contributed by atoms with Gasteiger partial charge in [0, 0.05) is 20.2 Å². The molecule has 2 heterocycles. The number of nitrogens with zero attached hydrogens (tertiary/aromatic N) is 2. The van der Waals surface area contributed by atoms with Crippen LogP contribution in [0.4, 0.5) is 5.13 Å². The Hall–Kier alpha value is -1.14. The van der Waals surface area contributed by atoms with Crippen molar-refractivity contribution in [3.05, 3.63) is 10.6 Å². The van der Waals surface area contributed by atoms with E-state index in [2.05, 4.69) is 16.8 Å². The highest BCUT2D eigenvalue weighted by molar-refractivity contribution is 7.17. The lowest BCUT2D eigenvalue weighted by Gasteiger charge is -2.26. The van der Waals surface area contributed by atoms with Crippen LogP contribution in [0.15, 0.2) is 0 Å². The maximum Gasteiger partial charge on any atom is 0.347 e. The van der Waals surface area contributed by atoms with Crippen LogP contribution in [0, 0.1) is 5.92 Å². The largest absolute Gasteiger partial charge is 0.477 e. The Kier molecular flexibility index (Phi) is 5.58. The highest BCUT2D eigenvalue weighted by Gasteiger charge is 2.24. The molecule has 1 fully saturated rings. The number of carbonyl (C=O) groups is 1. The summed E-state index contributed by atoms with van der Waals surface area (Å²) in [5.41, 5.74) is 0.719. The topological polar surface area (TPSA) is 62.7 Å². The molecule has 0 bridgehead atoms. The molecule has 6 heteroatoms. The number of hydrogen-bond acceptors (Lipinski definition) is 5. The van der Waals surface area contributed by atoms with E-state index in [0.29, 0.717) is 10.8 Å². The van der Waals surface area contributed by atoms with Crippen LogP contribution in [0.25, 0.3) is 0 Å². The second-order valence-corrected chi connectivity index (χ2v) is 6.77. The van der Waals surface area contributed by atoms with Crippen molar-refractivity contribution in [2.45, 2.75) is 39.0 Å². The van der Waals surface area contributed by atoms with Crippen LogP contribution in [0.3, 0.4) is 0 Å². The summed E-state index contributed by atoms with van der Waals surface area (Å²) in [6.07, 6.45) is 3.16. The Morgan fingerprint density at radius 3 is 2.95 bits per heavy atom. The molecule has 0 radical (unpaired) electrons. The van der Waals surface area contributed by atoms with Gasteiger partial charge in [0.05, 0.1) is 12.3 Å². The number of hydrogen-bond donors (Lipinski definition) is 1. The molecule has 0 aromatic carbocycles. The second-order valence-electron chi connectivity index (χ2n) is 5.79. The highest BCUT2D eigenvalue weighted by atomic mass is 32.1. The van der Waals surface area contributed by atoms with Gasteiger partial charge in [-0.3, -0.25) is 0 Å². The van der Waals surface area contributed by atoms with Crippen molar-refractivity contribution in [1.82, 2.24) is 4.98 Å². The number of anilines is 1. The summed E-state index contributed by atoms with van der Waals surface area (Å²) in [6, 6.07) is 0. The summed E-state index contributed by atoms with van der Waals surface area (Å²) in [5, 5.41) is 10.2. The fourth-order valence-corrected chi connectivity index (χ4v) is 3.58. The van der Waals surface area contributed by atoms with Crippen molar-refractivity contribution in [1.29, 1.82) is 0 Å². The van der Waals surface area contributed by atoms with Crippen LogP contribution < -0.4 is 4.90 Å². The quantitative estimate of drug-likeness (QED) is 0.874. The zero-order valence-electron chi connectivity index (χ0n) is 13.0. The molecule has 1 aromatic rings. The molecule has 2 rings (SSSR count). The molecule has 0 spiro atoms. The summed E-state index contributed by atoms with van der Waals surface area (Å²) in [5.74, 6) is -0.191. The predicted octanol–water partition coefficient (Wildman–Crippen LogP) is 3.22. The average Bonchev–Trinajstić information content (AvgIpc) is 2.93. The Balaban J connectivity index is 2.13. The monoisotopic (exact) mass is 312 g/mol. The number of carboxylic acids is 1. The van der Waals surface area contributed by atoms with Crippen LogP contribution in [0.1, 0.15) is 54.4 Å². The maximum absolute atomic E-state index is 11.4. The minimum absolute atomic E-state index is 0.174. The Morgan fingerprint density at radius 1 is 1.62 bits per heavy atom. The Bertz CT molecular complexity index is 483. The highest BCUT2D eigenvalue weighted by Crippen LogP contribution is 2.32. The molecule has 1 aliphatic heterocycles. The number of aromatic carboxylic acids is 1. The van der Waals surface area contributed by atoms with Crippen molar-refractivity contribution in [3.8, 4) is 0 Å². The van der Waals surface area contributed by atoms with Crippen LogP contribution in [-0.2, 0) is 4.74 Å². The first-order valence-corrected chi connectivity index (χ1v) is 8.37. The molecule has 1 aromatic heterocycles. The first-order chi connectivity index (χ1) is 10.0. The SMILES string of the molecule is CCC(C)c1nc(N(C)CC2CCCOC2)sc1C(=O)O. The molecule has 2 unspecified atom stereocenters. The van der Waals surface area contributed by atoms with E-state index in [1.807, 2.05) is 14.0 Å². The summed E-state index contributed by atoms with van der Waals surface area (Å²) in [6.45, 7) is 6.60. The van der Waals surface area contributed by atoms with Crippen LogP contribution >= 0.6 is 11.3 Å². The minimum atomic E-state index is -0.872. The molecule has 118 valence electrons. The van der Waals surface area contributed by atoms with E-state index in [1.165, 1.54) is 17.8 Å². The van der Waals surface area contributed by atoms with Gasteiger partial charge in [-0.2, -0.15) is 0 Å². The summed E-state index contributed by atoms with van der Waals surface area (Å²) >= 11 is 1.28. The Labute approximate surface area is 129 Å². The van der Waals surface area contributed by atoms with Crippen molar-refractivity contribution in [2.24, 2.45) is 5.92 Å². The summed E-state index contributed by atoms with van der Waals surface area (Å²) in [4.78, 5) is 18.4. The molecule has 1 N–H and O–H groups in total. The number of carboxylic acid groups (broad SMARTS) is 1. The molecular formula is C15H24N2O3S. The lowest BCUT2D eigenvalue weighted by atomic mass is 10.0. The van der Waals surface area contributed by atoms with Gasteiger partial charge < -0.3 is 14.7 Å². The fourth-order valence-electron chi connectivity index (χ4n) is 2.58. The van der Waals surface area contributed by atoms with Gasteiger partial charge in [-0.05, 0) is 31.1 Å². The van der Waals surface area contributed by atoms with E-state index >= 15 is 0 Å². The Morgan fingerprint density at radius 2 is 2.38 bits per heavy atom. The molecular weight excluding hydrogens is 288 g/mol. The fraction of sp³-hybridized carbons (Fsp3) is 0.733. The van der Waals surface area contributed by atoms with Crippen molar-refractivity contribution >= 4 is 22.4 Å². The van der Waals surface area contributed by atoms with Gasteiger partial charge >= 0.3 is 5.97 Å². The van der Waals surface area contributed by atoms with Crippen LogP contribution in [0.5, 0.6) is 0 Å². The molecule has 1 saturated heterocycles. The second kappa shape index (κ2) is 7.22. The van der Waals surface area contributed by atoms with Gasteiger partial charge in [-0.15, -0.1) is 0 Å². The van der Waals surface area contributed by atoms with E-state index in [0.717, 1.165) is 43.4 Å². The molecule has 0 amide bonds. The van der Waals surface area contributed by atoms with E-state index in [-0.39, 0.29) is 5.92 Å². The number of rotatable bonds is 6. The van der Waals surface area contributed by atoms with Crippen LogP contribution in [0.2, 0.25) is 0 Å². The first-order valence-electron chi connectivity index (χ1n) is 7.55. The minimum Gasteiger partial charge on any atom is -0.477 e. The van der Waals surface area contributed by atoms with Gasteiger partial charge in [0.15, 0.2) is 5.13 Å². The third-order valence-corrected chi connectivity index (χ3v) is 5.20. The number of aromatic nitrogens is 1. The van der Waals surface area contributed by atoms with Gasteiger partial charge in [0.1, 0.15) is 4.88 Å². The number of ether oxygens (including phenoxy) is 1. The normalized spacial score (nSPS) is 20.2. The van der Waals surface area contributed by atoms with E-state index in [9.17, 15) is 9.90 Å². The molecule has 5 nitrogen and oxygen atoms in total. The molecule has 21 heavy (non-hydrogen) atoms. The maximum atomic E-state index is 11.4. The molecule has 1 aliphatic rings. The summed E-state index contributed by atoms with van der Waals surface area (Å²) in [7, 11) is 1.99. The van der Waals surface area contributed by atoms with E-state index < -0.39 is 5.97 Å². The van der Waals surface area contributed by atoms with Crippen molar-refractivity contribution in [3.63, 3.8) is 0 Å². The molecule has 2 atom stereocenters. The first kappa shape index (κ1) is 16.2. The zero-order chi connectivity index (χ0) is 15.4. The number of thiazole rings is 1. The van der Waals surface area contributed by atoms with Gasteiger partial charge in [0.25, 0.3) is 0 Å². The molecule has 0 aliphatic carbocycles. The van der Waals surface area contributed by atoms with Crippen molar-refractivity contribution < 1.29 is 14.6 Å². The smallest absolute Gasteiger partial charge is 0.347 e. The summed E-state index contributed by atoms with van der Waals surface area (Å²) < 4.78 is 5.50. The van der Waals surface area contributed by atoms with Gasteiger partial charge in [-0.25, -0.2) is 9.78 Å². The van der Waals surface area contributed by atoms with Crippen LogP contribution in [-0.4, -0.2) is 42.9 Å². The van der Waals surface area contributed by atoms with E-state index in [1.54, 1.807) is 0 Å².